The molecule has 4 aromatic rings. The summed E-state index contributed by atoms with van der Waals surface area (Å²) in [6.45, 7) is 0. The monoisotopic (exact) mass is 323 g/mol. The first-order chi connectivity index (χ1) is 12.4. The molecule has 0 saturated heterocycles. The Labute approximate surface area is 146 Å². The smallest absolute Gasteiger partial charge is 0.0886 e. The lowest BCUT2D eigenvalue weighted by Gasteiger charge is -1.99. The molecule has 120 valence electrons. The van der Waals surface area contributed by atoms with Crippen molar-refractivity contribution in [1.29, 1.82) is 0 Å². The minimum absolute atomic E-state index is 0.880. The number of H-pyrrole nitrogens is 1. The topological polar surface area (TPSA) is 41.6 Å². The van der Waals surface area contributed by atoms with Crippen LogP contribution in [-0.4, -0.2) is 15.0 Å². The predicted molar refractivity (Wildman–Crippen MR) is 103 cm³/mol. The summed E-state index contributed by atoms with van der Waals surface area (Å²) in [5.41, 5.74) is 6.25. The van der Waals surface area contributed by atoms with Gasteiger partial charge in [0.25, 0.3) is 0 Å². The lowest BCUT2D eigenvalue weighted by atomic mass is 10.1. The van der Waals surface area contributed by atoms with Crippen molar-refractivity contribution in [2.45, 2.75) is 0 Å². The van der Waals surface area contributed by atoms with Crippen LogP contribution in [0.5, 0.6) is 0 Å². The van der Waals surface area contributed by atoms with Crippen LogP contribution in [0.3, 0.4) is 0 Å². The molecule has 0 bridgehead atoms. The molecule has 0 aliphatic carbocycles. The normalized spacial score (nSPS) is 11.0. The molecule has 0 atom stereocenters. The van der Waals surface area contributed by atoms with Gasteiger partial charge in [-0.2, -0.15) is 0 Å². The fourth-order valence-electron chi connectivity index (χ4n) is 2.65. The number of aromatic nitrogens is 3. The number of nitrogens with one attached hydrogen (secondary N) is 1. The van der Waals surface area contributed by atoms with Crippen molar-refractivity contribution in [3.63, 3.8) is 0 Å². The summed E-state index contributed by atoms with van der Waals surface area (Å²) in [6, 6.07) is 22.3. The van der Waals surface area contributed by atoms with Gasteiger partial charge in [0.15, 0.2) is 0 Å². The van der Waals surface area contributed by atoms with Crippen LogP contribution in [0.25, 0.3) is 34.8 Å². The lowest BCUT2D eigenvalue weighted by Crippen LogP contribution is -1.86. The Kier molecular flexibility index (Phi) is 4.21. The summed E-state index contributed by atoms with van der Waals surface area (Å²) in [5, 5.41) is 0. The Morgan fingerprint density at radius 3 is 2.28 bits per heavy atom. The molecular formula is C22H17N3. The SMILES string of the molecule is C(=C/c1c[nH]c(-c2ccccc2)c1)/c1ccc(-c2ccccn2)nc1. The third-order valence-corrected chi connectivity index (χ3v) is 3.97. The molecule has 25 heavy (non-hydrogen) atoms. The van der Waals surface area contributed by atoms with Gasteiger partial charge < -0.3 is 4.98 Å². The number of benzene rings is 1. The van der Waals surface area contributed by atoms with Crippen LogP contribution in [-0.2, 0) is 0 Å². The van der Waals surface area contributed by atoms with Crippen molar-refractivity contribution in [3.05, 3.63) is 96.4 Å². The van der Waals surface area contributed by atoms with Crippen molar-refractivity contribution >= 4 is 12.2 Å². The first kappa shape index (κ1) is 15.1. The van der Waals surface area contributed by atoms with Crippen LogP contribution in [0.1, 0.15) is 11.1 Å². The van der Waals surface area contributed by atoms with Crippen molar-refractivity contribution < 1.29 is 0 Å². The number of hydrogen-bond acceptors (Lipinski definition) is 2. The molecule has 4 rings (SSSR count). The average molecular weight is 323 g/mol. The van der Waals surface area contributed by atoms with Crippen LogP contribution in [0, 0.1) is 0 Å². The molecular weight excluding hydrogens is 306 g/mol. The molecule has 1 aromatic carbocycles. The molecule has 0 saturated carbocycles. The zero-order chi connectivity index (χ0) is 16.9. The van der Waals surface area contributed by atoms with Gasteiger partial charge >= 0.3 is 0 Å². The van der Waals surface area contributed by atoms with Gasteiger partial charge in [-0.15, -0.1) is 0 Å². The molecule has 0 radical (unpaired) electrons. The van der Waals surface area contributed by atoms with Crippen LogP contribution in [0.4, 0.5) is 0 Å². The van der Waals surface area contributed by atoms with Crippen molar-refractivity contribution in [3.8, 4) is 22.6 Å². The van der Waals surface area contributed by atoms with E-state index in [0.29, 0.717) is 0 Å². The van der Waals surface area contributed by atoms with Gasteiger partial charge in [-0.05, 0) is 41.0 Å². The Balaban J connectivity index is 1.50. The maximum Gasteiger partial charge on any atom is 0.0886 e. The molecule has 0 spiro atoms. The second-order valence-electron chi connectivity index (χ2n) is 5.74. The molecule has 0 amide bonds. The lowest BCUT2D eigenvalue weighted by molar-refractivity contribution is 1.24. The highest BCUT2D eigenvalue weighted by Crippen LogP contribution is 2.20. The van der Waals surface area contributed by atoms with Crippen molar-refractivity contribution in [2.75, 3.05) is 0 Å². The van der Waals surface area contributed by atoms with E-state index in [0.717, 1.165) is 28.2 Å². The summed E-state index contributed by atoms with van der Waals surface area (Å²) in [6.07, 6.45) is 9.80. The molecule has 3 heteroatoms. The zero-order valence-corrected chi connectivity index (χ0v) is 13.6. The molecule has 0 aliphatic rings. The molecule has 3 nitrogen and oxygen atoms in total. The van der Waals surface area contributed by atoms with Crippen LogP contribution < -0.4 is 0 Å². The summed E-state index contributed by atoms with van der Waals surface area (Å²) >= 11 is 0. The van der Waals surface area contributed by atoms with Gasteiger partial charge in [-0.1, -0.05) is 54.6 Å². The summed E-state index contributed by atoms with van der Waals surface area (Å²) in [5.74, 6) is 0. The van der Waals surface area contributed by atoms with E-state index in [2.05, 4.69) is 51.4 Å². The minimum atomic E-state index is 0.880. The van der Waals surface area contributed by atoms with E-state index in [4.69, 9.17) is 0 Å². The van der Waals surface area contributed by atoms with Crippen LogP contribution >= 0.6 is 0 Å². The maximum absolute atomic E-state index is 4.49. The molecule has 1 N–H and O–H groups in total. The largest absolute Gasteiger partial charge is 0.361 e. The number of pyridine rings is 2. The van der Waals surface area contributed by atoms with Crippen molar-refractivity contribution in [1.82, 2.24) is 15.0 Å². The quantitative estimate of drug-likeness (QED) is 0.553. The molecule has 3 heterocycles. The van der Waals surface area contributed by atoms with Gasteiger partial charge in [0, 0.05) is 24.3 Å². The number of nitrogens with zero attached hydrogens (tertiary/aromatic N) is 2. The zero-order valence-electron chi connectivity index (χ0n) is 13.6. The third-order valence-electron chi connectivity index (χ3n) is 3.97. The summed E-state index contributed by atoms with van der Waals surface area (Å²) in [7, 11) is 0. The Hall–Kier alpha value is -3.46. The van der Waals surface area contributed by atoms with Gasteiger partial charge in [0.05, 0.1) is 11.4 Å². The highest BCUT2D eigenvalue weighted by Gasteiger charge is 2.00. The van der Waals surface area contributed by atoms with E-state index in [1.165, 1.54) is 5.56 Å². The molecule has 0 fully saturated rings. The second-order valence-corrected chi connectivity index (χ2v) is 5.74. The van der Waals surface area contributed by atoms with Gasteiger partial charge in [0.1, 0.15) is 0 Å². The van der Waals surface area contributed by atoms with E-state index >= 15 is 0 Å². The maximum atomic E-state index is 4.49. The molecule has 0 aliphatic heterocycles. The van der Waals surface area contributed by atoms with Gasteiger partial charge in [-0.3, -0.25) is 9.97 Å². The highest BCUT2D eigenvalue weighted by atomic mass is 14.8. The Morgan fingerprint density at radius 2 is 1.52 bits per heavy atom. The minimum Gasteiger partial charge on any atom is -0.361 e. The summed E-state index contributed by atoms with van der Waals surface area (Å²) in [4.78, 5) is 12.1. The van der Waals surface area contributed by atoms with E-state index in [1.807, 2.05) is 54.9 Å². The third kappa shape index (κ3) is 3.56. The van der Waals surface area contributed by atoms with Crippen LogP contribution in [0.2, 0.25) is 0 Å². The van der Waals surface area contributed by atoms with E-state index in [9.17, 15) is 0 Å². The predicted octanol–water partition coefficient (Wildman–Crippen LogP) is 5.31. The van der Waals surface area contributed by atoms with E-state index in [-0.39, 0.29) is 0 Å². The highest BCUT2D eigenvalue weighted by molar-refractivity contribution is 5.73. The Morgan fingerprint density at radius 1 is 0.720 bits per heavy atom. The number of rotatable bonds is 4. The first-order valence-electron chi connectivity index (χ1n) is 8.18. The standard InChI is InChI=1S/C22H17N3/c1-2-6-19(7-3-1)22-14-18(16-25-22)10-9-17-11-12-21(24-15-17)20-8-4-5-13-23-20/h1-16,25H/b10-9-. The first-order valence-corrected chi connectivity index (χ1v) is 8.18. The average Bonchev–Trinajstić information content (AvgIpc) is 3.17. The number of aromatic amines is 1. The summed E-state index contributed by atoms with van der Waals surface area (Å²) < 4.78 is 0. The van der Waals surface area contributed by atoms with Gasteiger partial charge in [-0.25, -0.2) is 0 Å². The second kappa shape index (κ2) is 6.97. The van der Waals surface area contributed by atoms with Crippen molar-refractivity contribution in [2.24, 2.45) is 0 Å². The fourth-order valence-corrected chi connectivity index (χ4v) is 2.65. The van der Waals surface area contributed by atoms with Gasteiger partial charge in [0.2, 0.25) is 0 Å². The molecule has 3 aromatic heterocycles. The van der Waals surface area contributed by atoms with E-state index in [1.54, 1.807) is 6.20 Å². The van der Waals surface area contributed by atoms with Crippen LogP contribution in [0.15, 0.2) is 85.3 Å². The Bertz CT molecular complexity index is 969. The van der Waals surface area contributed by atoms with E-state index < -0.39 is 0 Å². The molecule has 0 unspecified atom stereocenters. The fraction of sp³-hybridized carbons (Fsp3) is 0. The number of hydrogen-bond donors (Lipinski definition) is 1.